The van der Waals surface area contributed by atoms with Gasteiger partial charge in [-0.3, -0.25) is 9.69 Å². The number of rotatable bonds is 11. The smallest absolute Gasteiger partial charge is 0.306 e. The van der Waals surface area contributed by atoms with Gasteiger partial charge in [-0.15, -0.1) is 0 Å². The Morgan fingerprint density at radius 3 is 1.44 bits per heavy atom. The van der Waals surface area contributed by atoms with Gasteiger partial charge in [0.1, 0.15) is 0 Å². The number of esters is 1. The second-order valence-corrected chi connectivity index (χ2v) is 20.0. The molecule has 0 amide bonds. The average Bonchev–Trinajstić information content (AvgIpc) is 2.49. The van der Waals surface area contributed by atoms with E-state index in [9.17, 15) is 4.79 Å². The number of hydrogen-bond acceptors (Lipinski definition) is 5. The van der Waals surface area contributed by atoms with Crippen molar-refractivity contribution in [1.29, 1.82) is 0 Å². The first-order valence-electron chi connectivity index (χ1n) is 10.1. The fourth-order valence-electron chi connectivity index (χ4n) is 1.98. The summed E-state index contributed by atoms with van der Waals surface area (Å²) in [4.78, 5) is 13.8. The molecule has 0 rings (SSSR count). The molecule has 0 N–H and O–H groups in total. The molecule has 0 bridgehead atoms. The maximum atomic E-state index is 11.5. The van der Waals surface area contributed by atoms with Crippen LogP contribution in [0.25, 0.3) is 0 Å². The van der Waals surface area contributed by atoms with Gasteiger partial charge in [0.25, 0.3) is 0 Å². The van der Waals surface area contributed by atoms with Crippen molar-refractivity contribution in [1.82, 2.24) is 4.90 Å². The van der Waals surface area contributed by atoms with Gasteiger partial charge in [0.05, 0.1) is 13.5 Å². The number of hydrogen-bond donors (Lipinski definition) is 0. The molecule has 0 radical (unpaired) electrons. The number of ether oxygens (including phenoxy) is 1. The Hall–Kier alpha value is -0.216. The molecule has 0 saturated heterocycles. The van der Waals surface area contributed by atoms with Crippen LogP contribution < -0.4 is 0 Å². The molecule has 0 aliphatic rings. The van der Waals surface area contributed by atoms with Crippen LogP contribution in [0, 0.1) is 0 Å². The van der Waals surface area contributed by atoms with Crippen molar-refractivity contribution in [2.45, 2.75) is 84.2 Å². The van der Waals surface area contributed by atoms with Gasteiger partial charge in [-0.25, -0.2) is 0 Å². The summed E-state index contributed by atoms with van der Waals surface area (Å²) < 4.78 is 17.4. The highest BCUT2D eigenvalue weighted by Crippen LogP contribution is 2.37. The summed E-state index contributed by atoms with van der Waals surface area (Å²) in [6.07, 6.45) is 0.399. The van der Waals surface area contributed by atoms with E-state index in [0.717, 1.165) is 13.1 Å². The van der Waals surface area contributed by atoms with Crippen LogP contribution in [0.3, 0.4) is 0 Å². The van der Waals surface area contributed by atoms with E-state index in [1.807, 2.05) is 0 Å². The van der Waals surface area contributed by atoms with E-state index in [1.54, 1.807) is 0 Å². The molecule has 0 aromatic heterocycles. The van der Waals surface area contributed by atoms with Crippen molar-refractivity contribution in [3.8, 4) is 0 Å². The third-order valence-electron chi connectivity index (χ3n) is 6.21. The van der Waals surface area contributed by atoms with Crippen LogP contribution in [-0.4, -0.2) is 67.5 Å². The SMILES string of the molecule is COC(=O)CCN(CCO[Si](C)(C)C(C)(C)C)CCO[Si](C)(C)C(C)(C)C. The molecule has 0 aromatic rings. The highest BCUT2D eigenvalue weighted by atomic mass is 28.4. The predicted octanol–water partition coefficient (Wildman–Crippen LogP) is 4.90. The van der Waals surface area contributed by atoms with Gasteiger partial charge in [0, 0.05) is 32.8 Å². The van der Waals surface area contributed by atoms with Crippen molar-refractivity contribution < 1.29 is 18.4 Å². The average molecular weight is 420 g/mol. The normalized spacial score (nSPS) is 13.9. The largest absolute Gasteiger partial charge is 0.469 e. The summed E-state index contributed by atoms with van der Waals surface area (Å²) in [6.45, 7) is 26.3. The van der Waals surface area contributed by atoms with Gasteiger partial charge in [-0.1, -0.05) is 41.5 Å². The lowest BCUT2D eigenvalue weighted by Gasteiger charge is -2.38. The minimum atomic E-state index is -1.75. The zero-order chi connectivity index (χ0) is 21.5. The maximum Gasteiger partial charge on any atom is 0.306 e. The fraction of sp³-hybridized carbons (Fsp3) is 0.950. The molecular weight excluding hydrogens is 374 g/mol. The van der Waals surface area contributed by atoms with Gasteiger partial charge in [-0.05, 0) is 36.3 Å². The molecule has 0 spiro atoms. The molecule has 7 heteroatoms. The Labute approximate surface area is 170 Å². The van der Waals surface area contributed by atoms with Crippen LogP contribution in [0.5, 0.6) is 0 Å². The van der Waals surface area contributed by atoms with Gasteiger partial charge >= 0.3 is 5.97 Å². The van der Waals surface area contributed by atoms with Gasteiger partial charge in [-0.2, -0.15) is 0 Å². The van der Waals surface area contributed by atoms with Crippen molar-refractivity contribution in [2.75, 3.05) is 40.0 Å². The van der Waals surface area contributed by atoms with Crippen LogP contribution in [0.4, 0.5) is 0 Å². The molecule has 0 heterocycles. The molecular formula is C20H45NO4Si2. The molecule has 162 valence electrons. The summed E-state index contributed by atoms with van der Waals surface area (Å²) in [5, 5.41) is 0.407. The lowest BCUT2D eigenvalue weighted by molar-refractivity contribution is -0.141. The number of carbonyl (C=O) groups excluding carboxylic acids is 1. The first kappa shape index (κ1) is 26.8. The van der Waals surface area contributed by atoms with Crippen LogP contribution in [-0.2, 0) is 18.4 Å². The summed E-state index contributed by atoms with van der Waals surface area (Å²) in [7, 11) is -2.07. The Morgan fingerprint density at radius 2 is 1.15 bits per heavy atom. The minimum absolute atomic E-state index is 0.171. The van der Waals surface area contributed by atoms with E-state index in [2.05, 4.69) is 72.6 Å². The zero-order valence-corrected chi connectivity index (χ0v) is 21.8. The molecule has 5 nitrogen and oxygen atoms in total. The predicted molar refractivity (Wildman–Crippen MR) is 119 cm³/mol. The van der Waals surface area contributed by atoms with Crippen LogP contribution in [0.1, 0.15) is 48.0 Å². The Morgan fingerprint density at radius 1 is 0.778 bits per heavy atom. The number of nitrogens with zero attached hydrogens (tertiary/aromatic N) is 1. The van der Waals surface area contributed by atoms with Crippen molar-refractivity contribution >= 4 is 22.6 Å². The van der Waals surface area contributed by atoms with Crippen LogP contribution >= 0.6 is 0 Å². The van der Waals surface area contributed by atoms with E-state index in [0.29, 0.717) is 26.2 Å². The second kappa shape index (κ2) is 10.5. The minimum Gasteiger partial charge on any atom is -0.469 e. The molecule has 0 atom stereocenters. The quantitative estimate of drug-likeness (QED) is 0.352. The Kier molecular flexibility index (Phi) is 10.4. The van der Waals surface area contributed by atoms with E-state index in [4.69, 9.17) is 13.6 Å². The fourth-order valence-corrected chi connectivity index (χ4v) is 4.05. The number of methoxy groups -OCH3 is 1. The molecule has 0 unspecified atom stereocenters. The van der Waals surface area contributed by atoms with Crippen LogP contribution in [0.2, 0.25) is 36.3 Å². The molecule has 0 aliphatic heterocycles. The molecule has 0 saturated carbocycles. The van der Waals surface area contributed by atoms with Gasteiger partial charge < -0.3 is 13.6 Å². The van der Waals surface area contributed by atoms with Crippen LogP contribution in [0.15, 0.2) is 0 Å². The molecule has 0 aromatic carbocycles. The summed E-state index contributed by atoms with van der Waals surface area (Å²) in [5.74, 6) is -0.171. The topological polar surface area (TPSA) is 48.0 Å². The summed E-state index contributed by atoms with van der Waals surface area (Å²) in [6, 6.07) is 0. The molecule has 27 heavy (non-hydrogen) atoms. The summed E-state index contributed by atoms with van der Waals surface area (Å²) >= 11 is 0. The van der Waals surface area contributed by atoms with E-state index < -0.39 is 16.6 Å². The lowest BCUT2D eigenvalue weighted by Crippen LogP contribution is -2.45. The first-order chi connectivity index (χ1) is 12.0. The standard InChI is InChI=1S/C20H45NO4Si2/c1-19(2,3)26(8,9)24-16-14-21(13-12-18(22)23-7)15-17-25-27(10,11)20(4,5)6/h12-17H2,1-11H3. The van der Waals surface area contributed by atoms with E-state index >= 15 is 0 Å². The number of carbonyl (C=O) groups is 1. The monoisotopic (exact) mass is 419 g/mol. The second-order valence-electron chi connectivity index (χ2n) is 10.4. The lowest BCUT2D eigenvalue weighted by atomic mass is 10.2. The first-order valence-corrected chi connectivity index (χ1v) is 15.9. The summed E-state index contributed by atoms with van der Waals surface area (Å²) in [5.41, 5.74) is 0. The van der Waals surface area contributed by atoms with E-state index in [1.165, 1.54) is 7.11 Å². The zero-order valence-electron chi connectivity index (χ0n) is 19.8. The van der Waals surface area contributed by atoms with Gasteiger partial charge in [0.2, 0.25) is 0 Å². The van der Waals surface area contributed by atoms with Crippen molar-refractivity contribution in [3.05, 3.63) is 0 Å². The third-order valence-corrected chi connectivity index (χ3v) is 15.3. The molecule has 0 aliphatic carbocycles. The highest BCUT2D eigenvalue weighted by molar-refractivity contribution is 6.74. The maximum absolute atomic E-state index is 11.5. The highest BCUT2D eigenvalue weighted by Gasteiger charge is 2.38. The Bertz CT molecular complexity index is 422. The van der Waals surface area contributed by atoms with Crippen molar-refractivity contribution in [3.63, 3.8) is 0 Å². The van der Waals surface area contributed by atoms with Crippen molar-refractivity contribution in [2.24, 2.45) is 0 Å². The molecule has 0 fully saturated rings. The van der Waals surface area contributed by atoms with E-state index in [-0.39, 0.29) is 16.0 Å². The van der Waals surface area contributed by atoms with Gasteiger partial charge in [0.15, 0.2) is 16.6 Å². The third kappa shape index (κ3) is 9.70. The Balaban J connectivity index is 4.68.